The van der Waals surface area contributed by atoms with E-state index in [-0.39, 0.29) is 5.91 Å². The number of amides is 1. The van der Waals surface area contributed by atoms with E-state index in [4.69, 9.17) is 13.7 Å². The molecule has 2 heterocycles. The minimum atomic E-state index is -0.330. The lowest BCUT2D eigenvalue weighted by atomic mass is 10.1. The van der Waals surface area contributed by atoms with Gasteiger partial charge in [0.1, 0.15) is 17.1 Å². The van der Waals surface area contributed by atoms with E-state index >= 15 is 0 Å². The summed E-state index contributed by atoms with van der Waals surface area (Å²) in [5, 5.41) is 14.4. The van der Waals surface area contributed by atoms with Crippen molar-refractivity contribution in [3.8, 4) is 17.2 Å². The molecular weight excluding hydrogens is 312 g/mol. The first-order valence-electron chi connectivity index (χ1n) is 7.22. The number of nitrogens with zero attached hydrogens (tertiary/aromatic N) is 3. The zero-order valence-electron chi connectivity index (χ0n) is 13.7. The molecule has 2 aromatic heterocycles. The summed E-state index contributed by atoms with van der Waals surface area (Å²) in [6, 6.07) is 5.21. The number of aromatic nitrogens is 3. The third kappa shape index (κ3) is 2.85. The van der Waals surface area contributed by atoms with E-state index in [9.17, 15) is 4.79 Å². The Labute approximate surface area is 137 Å². The van der Waals surface area contributed by atoms with Crippen LogP contribution in [0.2, 0.25) is 0 Å². The van der Waals surface area contributed by atoms with Gasteiger partial charge >= 0.3 is 0 Å². The molecule has 3 rings (SSSR count). The van der Waals surface area contributed by atoms with Gasteiger partial charge in [-0.05, 0) is 32.0 Å². The molecule has 8 heteroatoms. The van der Waals surface area contributed by atoms with Gasteiger partial charge in [-0.2, -0.15) is 0 Å². The van der Waals surface area contributed by atoms with Crippen LogP contribution in [0.4, 0.5) is 5.69 Å². The van der Waals surface area contributed by atoms with Gasteiger partial charge in [0, 0.05) is 12.5 Å². The van der Waals surface area contributed by atoms with Crippen LogP contribution in [-0.4, -0.2) is 28.4 Å². The fourth-order valence-corrected chi connectivity index (χ4v) is 2.34. The Kier molecular flexibility index (Phi) is 4.03. The fourth-order valence-electron chi connectivity index (χ4n) is 2.34. The first kappa shape index (κ1) is 15.7. The second-order valence-electron chi connectivity index (χ2n) is 5.19. The van der Waals surface area contributed by atoms with E-state index in [0.29, 0.717) is 45.8 Å². The molecule has 0 aliphatic rings. The second kappa shape index (κ2) is 6.15. The van der Waals surface area contributed by atoms with Crippen LogP contribution in [0.25, 0.3) is 11.5 Å². The highest BCUT2D eigenvalue weighted by Gasteiger charge is 2.19. The average molecular weight is 328 g/mol. The summed E-state index contributed by atoms with van der Waals surface area (Å²) in [5.41, 5.74) is 2.07. The van der Waals surface area contributed by atoms with E-state index in [0.717, 1.165) is 0 Å². The molecule has 0 saturated heterocycles. The van der Waals surface area contributed by atoms with Crippen LogP contribution in [-0.2, 0) is 0 Å². The Bertz CT molecular complexity index is 878. The Morgan fingerprint density at radius 1 is 1.21 bits per heavy atom. The summed E-state index contributed by atoms with van der Waals surface area (Å²) in [4.78, 5) is 12.5. The van der Waals surface area contributed by atoms with E-state index in [1.165, 1.54) is 7.11 Å². The topological polar surface area (TPSA) is 103 Å². The molecule has 0 bridgehead atoms. The molecule has 0 aliphatic heterocycles. The van der Waals surface area contributed by atoms with Gasteiger partial charge in [0.15, 0.2) is 0 Å². The second-order valence-corrected chi connectivity index (χ2v) is 5.19. The quantitative estimate of drug-likeness (QED) is 0.785. The van der Waals surface area contributed by atoms with Gasteiger partial charge in [-0.15, -0.1) is 10.2 Å². The summed E-state index contributed by atoms with van der Waals surface area (Å²) in [6.45, 7) is 5.10. The largest absolute Gasteiger partial charge is 0.495 e. The zero-order valence-corrected chi connectivity index (χ0v) is 13.7. The van der Waals surface area contributed by atoms with Crippen LogP contribution in [0, 0.1) is 20.8 Å². The molecule has 0 aliphatic carbocycles. The zero-order chi connectivity index (χ0) is 17.3. The lowest BCUT2D eigenvalue weighted by Crippen LogP contribution is -2.14. The normalized spacial score (nSPS) is 10.7. The van der Waals surface area contributed by atoms with Crippen molar-refractivity contribution in [3.63, 3.8) is 0 Å². The van der Waals surface area contributed by atoms with Crippen molar-refractivity contribution in [2.45, 2.75) is 20.8 Å². The standard InChI is InChI=1S/C16H16N4O4/c1-8-14(9(2)24-20-8)15(21)17-12-7-11(5-6-13(12)22-4)16-19-18-10(3)23-16/h5-7H,1-4H3,(H,17,21). The first-order valence-corrected chi connectivity index (χ1v) is 7.22. The number of aryl methyl sites for hydroxylation is 3. The number of carbonyl (C=O) groups excluding carboxylic acids is 1. The van der Waals surface area contributed by atoms with Gasteiger partial charge in [-0.1, -0.05) is 5.16 Å². The molecule has 0 radical (unpaired) electrons. The van der Waals surface area contributed by atoms with Gasteiger partial charge in [-0.25, -0.2) is 0 Å². The molecule has 0 spiro atoms. The van der Waals surface area contributed by atoms with Crippen LogP contribution >= 0.6 is 0 Å². The maximum Gasteiger partial charge on any atom is 0.261 e. The van der Waals surface area contributed by atoms with Gasteiger partial charge in [0.05, 0.1) is 18.5 Å². The van der Waals surface area contributed by atoms with Gasteiger partial charge < -0.3 is 19.0 Å². The lowest BCUT2D eigenvalue weighted by Gasteiger charge is -2.11. The number of hydrogen-bond acceptors (Lipinski definition) is 7. The van der Waals surface area contributed by atoms with Crippen molar-refractivity contribution in [1.29, 1.82) is 0 Å². The van der Waals surface area contributed by atoms with Gasteiger partial charge in [-0.3, -0.25) is 4.79 Å². The predicted octanol–water partition coefficient (Wildman–Crippen LogP) is 2.91. The van der Waals surface area contributed by atoms with Crippen molar-refractivity contribution in [3.05, 3.63) is 41.1 Å². The highest BCUT2D eigenvalue weighted by molar-refractivity contribution is 6.06. The Balaban J connectivity index is 1.95. The molecule has 3 aromatic rings. The van der Waals surface area contributed by atoms with E-state index < -0.39 is 0 Å². The van der Waals surface area contributed by atoms with Crippen molar-refractivity contribution < 1.29 is 18.5 Å². The van der Waals surface area contributed by atoms with Crippen LogP contribution in [0.5, 0.6) is 5.75 Å². The summed E-state index contributed by atoms with van der Waals surface area (Å²) in [7, 11) is 1.53. The van der Waals surface area contributed by atoms with Crippen molar-refractivity contribution in [1.82, 2.24) is 15.4 Å². The van der Waals surface area contributed by atoms with Crippen molar-refractivity contribution in [2.75, 3.05) is 12.4 Å². The van der Waals surface area contributed by atoms with Crippen LogP contribution in [0.3, 0.4) is 0 Å². The fraction of sp³-hybridized carbons (Fsp3) is 0.250. The number of nitrogens with one attached hydrogen (secondary N) is 1. The number of ether oxygens (including phenoxy) is 1. The summed E-state index contributed by atoms with van der Waals surface area (Å²) >= 11 is 0. The van der Waals surface area contributed by atoms with Crippen molar-refractivity contribution >= 4 is 11.6 Å². The highest BCUT2D eigenvalue weighted by Crippen LogP contribution is 2.30. The first-order chi connectivity index (χ1) is 11.5. The van der Waals surface area contributed by atoms with Crippen LogP contribution in [0.15, 0.2) is 27.1 Å². The number of carbonyl (C=O) groups is 1. The van der Waals surface area contributed by atoms with Gasteiger partial charge in [0.2, 0.25) is 11.8 Å². The minimum Gasteiger partial charge on any atom is -0.495 e. The van der Waals surface area contributed by atoms with Gasteiger partial charge in [0.25, 0.3) is 5.91 Å². The number of benzene rings is 1. The monoisotopic (exact) mass is 328 g/mol. The Hall–Kier alpha value is -3.16. The highest BCUT2D eigenvalue weighted by atomic mass is 16.5. The van der Waals surface area contributed by atoms with Crippen LogP contribution < -0.4 is 10.1 Å². The van der Waals surface area contributed by atoms with E-state index in [1.807, 2.05) is 0 Å². The third-order valence-corrected chi connectivity index (χ3v) is 3.48. The summed E-state index contributed by atoms with van der Waals surface area (Å²) in [6.07, 6.45) is 0. The predicted molar refractivity (Wildman–Crippen MR) is 85.0 cm³/mol. The molecule has 0 atom stereocenters. The molecule has 1 amide bonds. The Morgan fingerprint density at radius 3 is 2.58 bits per heavy atom. The SMILES string of the molecule is COc1ccc(-c2nnc(C)o2)cc1NC(=O)c1c(C)noc1C. The molecule has 0 fully saturated rings. The van der Waals surface area contributed by atoms with Crippen LogP contribution in [0.1, 0.15) is 27.7 Å². The number of anilines is 1. The van der Waals surface area contributed by atoms with E-state index in [2.05, 4.69) is 20.7 Å². The minimum absolute atomic E-state index is 0.330. The molecule has 0 saturated carbocycles. The average Bonchev–Trinajstić information content (AvgIpc) is 3.13. The maximum atomic E-state index is 12.5. The van der Waals surface area contributed by atoms with Crippen molar-refractivity contribution in [2.24, 2.45) is 0 Å². The maximum absolute atomic E-state index is 12.5. The number of methoxy groups -OCH3 is 1. The number of hydrogen-bond donors (Lipinski definition) is 1. The molecular formula is C16H16N4O4. The molecule has 0 unspecified atom stereocenters. The third-order valence-electron chi connectivity index (χ3n) is 3.48. The Morgan fingerprint density at radius 2 is 2.00 bits per heavy atom. The molecule has 1 N–H and O–H groups in total. The summed E-state index contributed by atoms with van der Waals surface area (Å²) < 4.78 is 15.7. The van der Waals surface area contributed by atoms with E-state index in [1.54, 1.807) is 39.0 Å². The molecule has 24 heavy (non-hydrogen) atoms. The lowest BCUT2D eigenvalue weighted by molar-refractivity contribution is 0.102. The summed E-state index contributed by atoms with van der Waals surface area (Å²) in [5.74, 6) is 1.45. The molecule has 124 valence electrons. The molecule has 1 aromatic carbocycles. The molecule has 8 nitrogen and oxygen atoms in total. The number of rotatable bonds is 4. The smallest absolute Gasteiger partial charge is 0.261 e.